The van der Waals surface area contributed by atoms with Crippen LogP contribution in [0.3, 0.4) is 0 Å². The van der Waals surface area contributed by atoms with Crippen molar-refractivity contribution in [2.75, 3.05) is 7.11 Å². The highest BCUT2D eigenvalue weighted by atomic mass is 32.1. The van der Waals surface area contributed by atoms with E-state index < -0.39 is 0 Å². The van der Waals surface area contributed by atoms with Crippen molar-refractivity contribution in [3.05, 3.63) is 0 Å². The summed E-state index contributed by atoms with van der Waals surface area (Å²) < 4.78 is 4.90. The molecule has 2 bridgehead atoms. The molecule has 3 aliphatic rings. The number of rotatable bonds is 2. The lowest BCUT2D eigenvalue weighted by Gasteiger charge is -2.51. The van der Waals surface area contributed by atoms with Crippen molar-refractivity contribution < 1.29 is 9.53 Å². The molecule has 0 radical (unpaired) electrons. The zero-order valence-corrected chi connectivity index (χ0v) is 9.86. The van der Waals surface area contributed by atoms with E-state index in [9.17, 15) is 4.79 Å². The first-order valence-corrected chi connectivity index (χ1v) is 5.84. The van der Waals surface area contributed by atoms with Crippen molar-refractivity contribution in [1.29, 1.82) is 0 Å². The zero-order chi connectivity index (χ0) is 11.1. The van der Waals surface area contributed by atoms with E-state index in [1.54, 1.807) is 0 Å². The summed E-state index contributed by atoms with van der Waals surface area (Å²) in [6.45, 7) is 0. The Morgan fingerprint density at radius 1 is 1.13 bits per heavy atom. The van der Waals surface area contributed by atoms with E-state index in [2.05, 4.69) is 0 Å². The summed E-state index contributed by atoms with van der Waals surface area (Å²) in [5, 5.41) is 0. The van der Waals surface area contributed by atoms with Gasteiger partial charge in [0.05, 0.1) is 17.5 Å². The van der Waals surface area contributed by atoms with Gasteiger partial charge in [-0.15, -0.1) is 0 Å². The van der Waals surface area contributed by atoms with Gasteiger partial charge in [-0.05, 0) is 38.5 Å². The van der Waals surface area contributed by atoms with E-state index in [4.69, 9.17) is 22.7 Å². The second-order valence-electron chi connectivity index (χ2n) is 4.92. The van der Waals surface area contributed by atoms with Gasteiger partial charge in [0.2, 0.25) is 0 Å². The molecule has 3 rings (SSSR count). The van der Waals surface area contributed by atoms with E-state index in [-0.39, 0.29) is 16.8 Å². The second-order valence-corrected chi connectivity index (χ2v) is 5.36. The predicted octanol–water partition coefficient (Wildman–Crippen LogP) is 1.79. The molecule has 2 N–H and O–H groups in total. The number of nitrogens with two attached hydrogens (primary N) is 1. The van der Waals surface area contributed by atoms with Gasteiger partial charge < -0.3 is 10.5 Å². The van der Waals surface area contributed by atoms with Gasteiger partial charge in [0.1, 0.15) is 0 Å². The number of hydrogen-bond acceptors (Lipinski definition) is 3. The second kappa shape index (κ2) is 3.44. The average molecular weight is 227 g/mol. The van der Waals surface area contributed by atoms with Gasteiger partial charge in [-0.25, -0.2) is 0 Å². The molecule has 0 aromatic heterocycles. The monoisotopic (exact) mass is 227 g/mol. The lowest BCUT2D eigenvalue weighted by molar-refractivity contribution is -0.160. The highest BCUT2D eigenvalue weighted by Crippen LogP contribution is 2.57. The molecule has 15 heavy (non-hydrogen) atoms. The van der Waals surface area contributed by atoms with Crippen LogP contribution in [-0.2, 0) is 9.53 Å². The molecule has 3 aliphatic carbocycles. The van der Waals surface area contributed by atoms with Crippen molar-refractivity contribution >= 4 is 23.2 Å². The van der Waals surface area contributed by atoms with Crippen LogP contribution in [0.25, 0.3) is 0 Å². The van der Waals surface area contributed by atoms with E-state index in [0.717, 1.165) is 38.5 Å². The van der Waals surface area contributed by atoms with Gasteiger partial charge in [0.25, 0.3) is 0 Å². The van der Waals surface area contributed by atoms with Crippen LogP contribution in [0.1, 0.15) is 38.5 Å². The van der Waals surface area contributed by atoms with Gasteiger partial charge in [-0.2, -0.15) is 0 Å². The van der Waals surface area contributed by atoms with E-state index in [1.165, 1.54) is 7.11 Å². The lowest BCUT2D eigenvalue weighted by atomic mass is 9.53. The molecule has 3 nitrogen and oxygen atoms in total. The number of esters is 1. The summed E-state index contributed by atoms with van der Waals surface area (Å²) in [5.74, 6) is -0.0428. The standard InChI is InChI=1S/C11H17NO2S/c1-14-9(13)11-5-2-10(3-6-11,4-7-11)8(12)15/h2-7H2,1H3,(H2,12,15). The zero-order valence-electron chi connectivity index (χ0n) is 9.04. The SMILES string of the molecule is COC(=O)C12CCC(C(N)=S)(CC1)CC2. The molecule has 0 unspecified atom stereocenters. The van der Waals surface area contributed by atoms with Crippen LogP contribution in [0, 0.1) is 10.8 Å². The largest absolute Gasteiger partial charge is 0.469 e. The number of ether oxygens (including phenoxy) is 1. The summed E-state index contributed by atoms with van der Waals surface area (Å²) in [7, 11) is 1.47. The first-order valence-electron chi connectivity index (χ1n) is 5.43. The van der Waals surface area contributed by atoms with Crippen molar-refractivity contribution in [3.8, 4) is 0 Å². The molecule has 0 heterocycles. The van der Waals surface area contributed by atoms with Crippen LogP contribution in [0.4, 0.5) is 0 Å². The fourth-order valence-corrected chi connectivity index (χ4v) is 3.38. The first-order chi connectivity index (χ1) is 7.05. The van der Waals surface area contributed by atoms with E-state index in [1.807, 2.05) is 0 Å². The van der Waals surface area contributed by atoms with Crippen LogP contribution in [0.5, 0.6) is 0 Å². The molecule has 0 aromatic rings. The highest BCUT2D eigenvalue weighted by molar-refractivity contribution is 7.80. The Hall–Kier alpha value is -0.640. The quantitative estimate of drug-likeness (QED) is 0.577. The third-order valence-electron chi connectivity index (χ3n) is 4.39. The molecule has 3 fully saturated rings. The van der Waals surface area contributed by atoms with Crippen molar-refractivity contribution in [2.45, 2.75) is 38.5 Å². The molecule has 0 atom stereocenters. The van der Waals surface area contributed by atoms with Crippen LogP contribution in [0.2, 0.25) is 0 Å². The Morgan fingerprint density at radius 2 is 1.53 bits per heavy atom. The van der Waals surface area contributed by atoms with E-state index >= 15 is 0 Å². The van der Waals surface area contributed by atoms with E-state index in [0.29, 0.717) is 4.99 Å². The normalized spacial score (nSPS) is 38.7. The number of carbonyl (C=O) groups excluding carboxylic acids is 1. The molecular weight excluding hydrogens is 210 g/mol. The minimum Gasteiger partial charge on any atom is -0.469 e. The van der Waals surface area contributed by atoms with Gasteiger partial charge in [0.15, 0.2) is 0 Å². The number of methoxy groups -OCH3 is 1. The predicted molar refractivity (Wildman–Crippen MR) is 61.4 cm³/mol. The average Bonchev–Trinajstić information content (AvgIpc) is 2.30. The van der Waals surface area contributed by atoms with Gasteiger partial charge in [-0.1, -0.05) is 12.2 Å². The van der Waals surface area contributed by atoms with Crippen LogP contribution >= 0.6 is 12.2 Å². The van der Waals surface area contributed by atoms with Gasteiger partial charge >= 0.3 is 5.97 Å². The summed E-state index contributed by atoms with van der Waals surface area (Å²) >= 11 is 5.14. The minimum absolute atomic E-state index is 0.0428. The Bertz CT molecular complexity index is 289. The van der Waals surface area contributed by atoms with Crippen LogP contribution in [-0.4, -0.2) is 18.1 Å². The fraction of sp³-hybridized carbons (Fsp3) is 0.818. The number of thiocarbonyl (C=S) groups is 1. The number of fused-ring (bicyclic) bond motifs is 3. The van der Waals surface area contributed by atoms with Crippen LogP contribution < -0.4 is 5.73 Å². The Balaban J connectivity index is 2.17. The summed E-state index contributed by atoms with van der Waals surface area (Å²) in [6.07, 6.45) is 5.53. The molecule has 0 saturated heterocycles. The molecule has 0 amide bonds. The fourth-order valence-electron chi connectivity index (χ4n) is 3.08. The maximum Gasteiger partial charge on any atom is 0.311 e. The van der Waals surface area contributed by atoms with Gasteiger partial charge in [0, 0.05) is 5.41 Å². The highest BCUT2D eigenvalue weighted by Gasteiger charge is 2.54. The Labute approximate surface area is 95.4 Å². The van der Waals surface area contributed by atoms with Crippen molar-refractivity contribution in [1.82, 2.24) is 0 Å². The van der Waals surface area contributed by atoms with Crippen molar-refractivity contribution in [2.24, 2.45) is 16.6 Å². The third kappa shape index (κ3) is 1.46. The topological polar surface area (TPSA) is 52.3 Å². The molecular formula is C11H17NO2S. The van der Waals surface area contributed by atoms with Gasteiger partial charge in [-0.3, -0.25) is 4.79 Å². The minimum atomic E-state index is -0.221. The molecule has 4 heteroatoms. The molecule has 3 saturated carbocycles. The lowest BCUT2D eigenvalue weighted by Crippen LogP contribution is -2.50. The molecule has 84 valence electrons. The van der Waals surface area contributed by atoms with Crippen LogP contribution in [0.15, 0.2) is 0 Å². The number of carbonyl (C=O) groups is 1. The maximum absolute atomic E-state index is 11.7. The maximum atomic E-state index is 11.7. The number of hydrogen-bond donors (Lipinski definition) is 1. The summed E-state index contributed by atoms with van der Waals surface area (Å²) in [4.78, 5) is 12.4. The smallest absolute Gasteiger partial charge is 0.311 e. The molecule has 0 aliphatic heterocycles. The molecule has 0 spiro atoms. The summed E-state index contributed by atoms with van der Waals surface area (Å²) in [6, 6.07) is 0. The summed E-state index contributed by atoms with van der Waals surface area (Å²) in [5.41, 5.74) is 5.63. The Morgan fingerprint density at radius 3 is 1.87 bits per heavy atom. The third-order valence-corrected chi connectivity index (χ3v) is 4.82. The Kier molecular flexibility index (Phi) is 2.49. The first kappa shape index (κ1) is 10.9. The molecule has 0 aromatic carbocycles. The van der Waals surface area contributed by atoms with Crippen molar-refractivity contribution in [3.63, 3.8) is 0 Å².